The van der Waals surface area contributed by atoms with E-state index in [0.29, 0.717) is 22.5 Å². The largest absolute Gasteiger partial charge is 0.328 e. The van der Waals surface area contributed by atoms with Crippen molar-refractivity contribution in [2.75, 3.05) is 0 Å². The number of fused-ring (bicyclic) bond motifs is 1. The van der Waals surface area contributed by atoms with Gasteiger partial charge in [-0.2, -0.15) is 0 Å². The number of halogens is 1. The highest BCUT2D eigenvalue weighted by Gasteiger charge is 2.10. The summed E-state index contributed by atoms with van der Waals surface area (Å²) in [5, 5.41) is 0.825. The van der Waals surface area contributed by atoms with Gasteiger partial charge in [-0.1, -0.05) is 31.5 Å². The third kappa shape index (κ3) is 2.13. The second-order valence-electron chi connectivity index (χ2n) is 4.40. The molecule has 2 rings (SSSR count). The fraction of sp³-hybridized carbons (Fsp3) is 0.333. The molecule has 0 aliphatic carbocycles. The number of para-hydroxylation sites is 1. The van der Waals surface area contributed by atoms with Crippen molar-refractivity contribution < 1.29 is 0 Å². The van der Waals surface area contributed by atoms with Gasteiger partial charge in [0.2, 0.25) is 0 Å². The lowest BCUT2D eigenvalue weighted by Crippen LogP contribution is -2.36. The molecule has 0 aliphatic rings. The van der Waals surface area contributed by atoms with Crippen molar-refractivity contribution in [1.82, 2.24) is 9.55 Å². The first kappa shape index (κ1) is 11.9. The predicted octanol–water partition coefficient (Wildman–Crippen LogP) is 2.00. The van der Waals surface area contributed by atoms with Crippen LogP contribution in [0.4, 0.5) is 0 Å². The Bertz CT molecular complexity index is 670. The molecule has 17 heavy (non-hydrogen) atoms. The highest BCUT2D eigenvalue weighted by molar-refractivity contribution is 6.34. The van der Waals surface area contributed by atoms with E-state index in [1.54, 1.807) is 18.2 Å². The van der Waals surface area contributed by atoms with Gasteiger partial charge in [0.25, 0.3) is 5.56 Å². The summed E-state index contributed by atoms with van der Waals surface area (Å²) >= 11 is 5.94. The molecule has 1 aromatic carbocycles. The lowest BCUT2D eigenvalue weighted by molar-refractivity contribution is 0.496. The number of H-pyrrole nitrogens is 1. The van der Waals surface area contributed by atoms with E-state index in [4.69, 9.17) is 11.6 Å². The van der Waals surface area contributed by atoms with Gasteiger partial charge in [-0.05, 0) is 18.1 Å². The highest BCUT2D eigenvalue weighted by atomic mass is 35.5. The minimum Gasteiger partial charge on any atom is -0.305 e. The summed E-state index contributed by atoms with van der Waals surface area (Å²) in [5.41, 5.74) is -0.298. The average Bonchev–Trinajstić information content (AvgIpc) is 2.26. The first-order valence-electron chi connectivity index (χ1n) is 5.42. The Morgan fingerprint density at radius 2 is 2.06 bits per heavy atom. The Hall–Kier alpha value is -1.55. The maximum Gasteiger partial charge on any atom is 0.328 e. The third-order valence-corrected chi connectivity index (χ3v) is 2.83. The molecule has 0 amide bonds. The molecule has 0 radical (unpaired) electrons. The maximum atomic E-state index is 12.1. The van der Waals surface area contributed by atoms with E-state index in [1.165, 1.54) is 4.57 Å². The van der Waals surface area contributed by atoms with Crippen molar-refractivity contribution in [1.29, 1.82) is 0 Å². The summed E-state index contributed by atoms with van der Waals surface area (Å²) in [4.78, 5) is 26.6. The molecule has 1 heterocycles. The van der Waals surface area contributed by atoms with Crippen LogP contribution in [0.25, 0.3) is 10.9 Å². The quantitative estimate of drug-likeness (QED) is 0.889. The Morgan fingerprint density at radius 1 is 1.35 bits per heavy atom. The third-order valence-electron chi connectivity index (χ3n) is 2.51. The molecule has 5 heteroatoms. The summed E-state index contributed by atoms with van der Waals surface area (Å²) in [6.45, 7) is 4.30. The van der Waals surface area contributed by atoms with Crippen molar-refractivity contribution in [3.05, 3.63) is 44.1 Å². The Balaban J connectivity index is 2.82. The van der Waals surface area contributed by atoms with E-state index in [1.807, 2.05) is 13.8 Å². The Kier molecular flexibility index (Phi) is 3.07. The number of hydrogen-bond acceptors (Lipinski definition) is 2. The summed E-state index contributed by atoms with van der Waals surface area (Å²) in [7, 11) is 0. The van der Waals surface area contributed by atoms with Crippen molar-refractivity contribution in [2.45, 2.75) is 20.4 Å². The van der Waals surface area contributed by atoms with Gasteiger partial charge in [-0.15, -0.1) is 0 Å². The van der Waals surface area contributed by atoms with Crippen LogP contribution in [0.3, 0.4) is 0 Å². The number of nitrogens with zero attached hydrogens (tertiary/aromatic N) is 1. The lowest BCUT2D eigenvalue weighted by atomic mass is 10.2. The van der Waals surface area contributed by atoms with Crippen LogP contribution in [0.2, 0.25) is 5.02 Å². The van der Waals surface area contributed by atoms with E-state index >= 15 is 0 Å². The Labute approximate surface area is 103 Å². The smallest absolute Gasteiger partial charge is 0.305 e. The first-order valence-corrected chi connectivity index (χ1v) is 5.80. The van der Waals surface area contributed by atoms with Crippen LogP contribution in [-0.4, -0.2) is 9.55 Å². The molecule has 2 aromatic rings. The summed E-state index contributed by atoms with van der Waals surface area (Å²) in [6.07, 6.45) is 0. The van der Waals surface area contributed by atoms with Gasteiger partial charge in [0.15, 0.2) is 0 Å². The van der Waals surface area contributed by atoms with Crippen molar-refractivity contribution in [3.63, 3.8) is 0 Å². The van der Waals surface area contributed by atoms with Gasteiger partial charge in [0.05, 0.1) is 15.9 Å². The normalized spacial score (nSPS) is 11.3. The van der Waals surface area contributed by atoms with Gasteiger partial charge >= 0.3 is 5.69 Å². The molecular weight excluding hydrogens is 240 g/mol. The van der Waals surface area contributed by atoms with Crippen molar-refractivity contribution in [3.8, 4) is 0 Å². The van der Waals surface area contributed by atoms with Crippen LogP contribution in [0.15, 0.2) is 27.8 Å². The zero-order chi connectivity index (χ0) is 12.6. The number of rotatable bonds is 2. The van der Waals surface area contributed by atoms with Gasteiger partial charge in [-0.3, -0.25) is 9.36 Å². The topological polar surface area (TPSA) is 54.9 Å². The second-order valence-corrected chi connectivity index (χ2v) is 4.81. The predicted molar refractivity (Wildman–Crippen MR) is 68.7 cm³/mol. The minimum atomic E-state index is -0.413. The van der Waals surface area contributed by atoms with E-state index in [-0.39, 0.29) is 11.5 Å². The van der Waals surface area contributed by atoms with E-state index in [0.717, 1.165) is 0 Å². The van der Waals surface area contributed by atoms with Crippen molar-refractivity contribution >= 4 is 22.5 Å². The Morgan fingerprint density at radius 3 is 2.71 bits per heavy atom. The van der Waals surface area contributed by atoms with E-state index in [9.17, 15) is 9.59 Å². The van der Waals surface area contributed by atoms with Crippen LogP contribution >= 0.6 is 11.6 Å². The zero-order valence-electron chi connectivity index (χ0n) is 9.66. The van der Waals surface area contributed by atoms with Gasteiger partial charge < -0.3 is 4.98 Å². The lowest BCUT2D eigenvalue weighted by Gasteiger charge is -2.08. The summed E-state index contributed by atoms with van der Waals surface area (Å²) < 4.78 is 1.21. The fourth-order valence-electron chi connectivity index (χ4n) is 1.77. The second kappa shape index (κ2) is 4.37. The van der Waals surface area contributed by atoms with Crippen LogP contribution in [0.1, 0.15) is 13.8 Å². The molecule has 0 spiro atoms. The maximum absolute atomic E-state index is 12.1. The molecule has 0 saturated heterocycles. The van der Waals surface area contributed by atoms with Crippen LogP contribution in [-0.2, 0) is 6.54 Å². The molecule has 0 unspecified atom stereocenters. The van der Waals surface area contributed by atoms with E-state index < -0.39 is 5.69 Å². The van der Waals surface area contributed by atoms with Gasteiger partial charge in [-0.25, -0.2) is 4.79 Å². The number of benzene rings is 1. The van der Waals surface area contributed by atoms with Crippen LogP contribution in [0, 0.1) is 5.92 Å². The molecule has 90 valence electrons. The fourth-order valence-corrected chi connectivity index (χ4v) is 1.99. The molecule has 0 bridgehead atoms. The standard InChI is InChI=1S/C12H13ClN2O2/c1-7(2)6-15-11(16)8-4-3-5-9(13)10(8)14-12(15)17/h3-5,7H,6H2,1-2H3,(H,14,17). The van der Waals surface area contributed by atoms with Gasteiger partial charge in [0, 0.05) is 6.54 Å². The molecular formula is C12H13ClN2O2. The number of hydrogen-bond donors (Lipinski definition) is 1. The average molecular weight is 253 g/mol. The number of aromatic nitrogens is 2. The highest BCUT2D eigenvalue weighted by Crippen LogP contribution is 2.16. The summed E-state index contributed by atoms with van der Waals surface area (Å²) in [5.74, 6) is 0.227. The molecule has 0 saturated carbocycles. The summed E-state index contributed by atoms with van der Waals surface area (Å²) in [6, 6.07) is 5.01. The van der Waals surface area contributed by atoms with Crippen molar-refractivity contribution in [2.24, 2.45) is 5.92 Å². The number of aromatic amines is 1. The molecule has 0 aliphatic heterocycles. The van der Waals surface area contributed by atoms with Crippen LogP contribution in [0.5, 0.6) is 0 Å². The molecule has 1 aromatic heterocycles. The molecule has 4 nitrogen and oxygen atoms in total. The van der Waals surface area contributed by atoms with Crippen LogP contribution < -0.4 is 11.2 Å². The van der Waals surface area contributed by atoms with E-state index in [2.05, 4.69) is 4.98 Å². The minimum absolute atomic E-state index is 0.227. The van der Waals surface area contributed by atoms with Gasteiger partial charge in [0.1, 0.15) is 0 Å². The zero-order valence-corrected chi connectivity index (χ0v) is 10.4. The monoisotopic (exact) mass is 252 g/mol. The molecule has 1 N–H and O–H groups in total. The molecule has 0 atom stereocenters. The first-order chi connectivity index (χ1) is 8.00. The number of nitrogens with one attached hydrogen (secondary N) is 1. The SMILES string of the molecule is CC(C)Cn1c(=O)[nH]c2c(Cl)cccc2c1=O. The molecule has 0 fully saturated rings.